The van der Waals surface area contributed by atoms with Gasteiger partial charge >= 0.3 is 6.61 Å². The first-order valence-corrected chi connectivity index (χ1v) is 7.29. The molecule has 1 aromatic rings. The first kappa shape index (κ1) is 14.7. The smallest absolute Gasteiger partial charge is 0.387 e. The van der Waals surface area contributed by atoms with E-state index in [0.29, 0.717) is 4.47 Å². The molecular formula is C14H18BrF2NO. The summed E-state index contributed by atoms with van der Waals surface area (Å²) >= 11 is 3.28. The van der Waals surface area contributed by atoms with Crippen LogP contribution in [0, 0.1) is 5.92 Å². The molecule has 19 heavy (non-hydrogen) atoms. The van der Waals surface area contributed by atoms with Gasteiger partial charge in [-0.05, 0) is 58.9 Å². The number of likely N-dealkylation sites (tertiary alicyclic amines) is 1. The van der Waals surface area contributed by atoms with Gasteiger partial charge < -0.3 is 4.74 Å². The molecule has 1 saturated heterocycles. The number of hydrogen-bond donors (Lipinski definition) is 0. The number of rotatable bonds is 4. The zero-order valence-corrected chi connectivity index (χ0v) is 12.5. The normalized spacial score (nSPS) is 20.8. The van der Waals surface area contributed by atoms with Crippen molar-refractivity contribution in [3.8, 4) is 5.75 Å². The molecule has 0 amide bonds. The highest BCUT2D eigenvalue weighted by molar-refractivity contribution is 9.10. The predicted octanol–water partition coefficient (Wildman–Crippen LogP) is 4.28. The maximum atomic E-state index is 12.2. The van der Waals surface area contributed by atoms with Crippen molar-refractivity contribution in [1.82, 2.24) is 4.90 Å². The average Bonchev–Trinajstić information content (AvgIpc) is 2.32. The fourth-order valence-electron chi connectivity index (χ4n) is 2.52. The van der Waals surface area contributed by atoms with Crippen LogP contribution in [0.25, 0.3) is 0 Å². The van der Waals surface area contributed by atoms with E-state index in [0.717, 1.165) is 31.1 Å². The van der Waals surface area contributed by atoms with Gasteiger partial charge in [-0.25, -0.2) is 0 Å². The third-order valence-corrected chi connectivity index (χ3v) is 3.98. The lowest BCUT2D eigenvalue weighted by molar-refractivity contribution is -0.0503. The molecule has 1 heterocycles. The third-order valence-electron chi connectivity index (χ3n) is 3.36. The minimum atomic E-state index is -2.79. The Morgan fingerprint density at radius 1 is 1.47 bits per heavy atom. The van der Waals surface area contributed by atoms with Crippen LogP contribution in [0.5, 0.6) is 5.75 Å². The lowest BCUT2D eigenvalue weighted by atomic mass is 10.00. The van der Waals surface area contributed by atoms with Gasteiger partial charge in [0.05, 0.1) is 4.47 Å². The van der Waals surface area contributed by atoms with Crippen LogP contribution in [0.2, 0.25) is 0 Å². The molecule has 1 aromatic carbocycles. The Morgan fingerprint density at radius 2 is 2.26 bits per heavy atom. The molecular weight excluding hydrogens is 316 g/mol. The van der Waals surface area contributed by atoms with Crippen molar-refractivity contribution < 1.29 is 13.5 Å². The summed E-state index contributed by atoms with van der Waals surface area (Å²) in [6, 6.07) is 5.30. The molecule has 106 valence electrons. The number of benzene rings is 1. The molecule has 0 radical (unpaired) electrons. The van der Waals surface area contributed by atoms with E-state index in [4.69, 9.17) is 0 Å². The van der Waals surface area contributed by atoms with Gasteiger partial charge in [0.15, 0.2) is 0 Å². The van der Waals surface area contributed by atoms with Gasteiger partial charge in [0, 0.05) is 13.1 Å². The monoisotopic (exact) mass is 333 g/mol. The second kappa shape index (κ2) is 6.66. The summed E-state index contributed by atoms with van der Waals surface area (Å²) in [6.45, 7) is 2.55. The summed E-state index contributed by atoms with van der Waals surface area (Å²) in [4.78, 5) is 2.41. The average molecular weight is 334 g/mol. The molecule has 1 fully saturated rings. The van der Waals surface area contributed by atoms with Crippen molar-refractivity contribution >= 4 is 15.9 Å². The van der Waals surface area contributed by atoms with E-state index in [1.165, 1.54) is 12.8 Å². The molecule has 1 atom stereocenters. The van der Waals surface area contributed by atoms with Crippen molar-refractivity contribution in [2.24, 2.45) is 5.92 Å². The van der Waals surface area contributed by atoms with Gasteiger partial charge in [0.1, 0.15) is 5.75 Å². The fraction of sp³-hybridized carbons (Fsp3) is 0.571. The maximum Gasteiger partial charge on any atom is 0.387 e. The number of hydrogen-bond acceptors (Lipinski definition) is 2. The molecule has 0 bridgehead atoms. The molecule has 0 N–H and O–H groups in total. The van der Waals surface area contributed by atoms with Gasteiger partial charge in [0.25, 0.3) is 0 Å². The van der Waals surface area contributed by atoms with E-state index in [9.17, 15) is 8.78 Å². The van der Waals surface area contributed by atoms with Gasteiger partial charge in [-0.1, -0.05) is 13.0 Å². The van der Waals surface area contributed by atoms with Crippen LogP contribution in [0.15, 0.2) is 22.7 Å². The highest BCUT2D eigenvalue weighted by Crippen LogP contribution is 2.28. The Morgan fingerprint density at radius 3 is 2.89 bits per heavy atom. The van der Waals surface area contributed by atoms with Gasteiger partial charge in [0.2, 0.25) is 0 Å². The SMILES string of the molecule is CC1CCCN(Cc2ccc(OC(F)F)c(Br)c2)C1. The minimum absolute atomic E-state index is 0.186. The number of ether oxygens (including phenoxy) is 1. The zero-order chi connectivity index (χ0) is 13.8. The molecule has 0 spiro atoms. The van der Waals surface area contributed by atoms with Crippen molar-refractivity contribution in [3.63, 3.8) is 0 Å². The van der Waals surface area contributed by atoms with Crippen molar-refractivity contribution in [2.75, 3.05) is 13.1 Å². The molecule has 0 aliphatic carbocycles. The molecule has 0 aromatic heterocycles. The highest BCUT2D eigenvalue weighted by atomic mass is 79.9. The number of halogens is 3. The summed E-state index contributed by atoms with van der Waals surface area (Å²) in [5.41, 5.74) is 1.11. The van der Waals surface area contributed by atoms with E-state index in [1.807, 2.05) is 12.1 Å². The standard InChI is InChI=1S/C14H18BrF2NO/c1-10-3-2-6-18(8-10)9-11-4-5-13(12(15)7-11)19-14(16)17/h4-5,7,10,14H,2-3,6,8-9H2,1H3. The number of alkyl halides is 2. The highest BCUT2D eigenvalue weighted by Gasteiger charge is 2.17. The molecule has 0 saturated carbocycles. The molecule has 1 aliphatic rings. The zero-order valence-electron chi connectivity index (χ0n) is 10.9. The second-order valence-corrected chi connectivity index (χ2v) is 5.98. The molecule has 2 rings (SSSR count). The summed E-state index contributed by atoms with van der Waals surface area (Å²) in [7, 11) is 0. The molecule has 2 nitrogen and oxygen atoms in total. The van der Waals surface area contributed by atoms with Crippen LogP contribution in [-0.2, 0) is 6.54 Å². The van der Waals surface area contributed by atoms with E-state index < -0.39 is 6.61 Å². The number of piperidine rings is 1. The molecule has 1 unspecified atom stereocenters. The minimum Gasteiger partial charge on any atom is -0.434 e. The van der Waals surface area contributed by atoms with E-state index in [-0.39, 0.29) is 5.75 Å². The van der Waals surface area contributed by atoms with E-state index >= 15 is 0 Å². The van der Waals surface area contributed by atoms with Gasteiger partial charge in [-0.3, -0.25) is 4.90 Å². The first-order valence-electron chi connectivity index (χ1n) is 6.50. The van der Waals surface area contributed by atoms with E-state index in [2.05, 4.69) is 32.5 Å². The topological polar surface area (TPSA) is 12.5 Å². The maximum absolute atomic E-state index is 12.2. The number of nitrogens with zero attached hydrogens (tertiary/aromatic N) is 1. The second-order valence-electron chi connectivity index (χ2n) is 5.13. The largest absolute Gasteiger partial charge is 0.434 e. The summed E-state index contributed by atoms with van der Waals surface area (Å²) in [6.07, 6.45) is 2.52. The Balaban J connectivity index is 1.99. The van der Waals surface area contributed by atoms with Crippen LogP contribution in [0.1, 0.15) is 25.3 Å². The predicted molar refractivity (Wildman–Crippen MR) is 74.4 cm³/mol. The van der Waals surface area contributed by atoms with Crippen LogP contribution < -0.4 is 4.74 Å². The fourth-order valence-corrected chi connectivity index (χ4v) is 3.04. The van der Waals surface area contributed by atoms with Crippen molar-refractivity contribution in [2.45, 2.75) is 32.9 Å². The Bertz CT molecular complexity index is 428. The van der Waals surface area contributed by atoms with Crippen LogP contribution in [0.3, 0.4) is 0 Å². The van der Waals surface area contributed by atoms with Gasteiger partial charge in [-0.15, -0.1) is 0 Å². The lowest BCUT2D eigenvalue weighted by Gasteiger charge is -2.30. The molecule has 1 aliphatic heterocycles. The summed E-state index contributed by atoms with van der Waals surface area (Å²) < 4.78 is 29.3. The Labute approximate surface area is 120 Å². The van der Waals surface area contributed by atoms with Crippen LogP contribution in [-0.4, -0.2) is 24.6 Å². The van der Waals surface area contributed by atoms with Crippen molar-refractivity contribution in [1.29, 1.82) is 0 Å². The quantitative estimate of drug-likeness (QED) is 0.815. The Hall–Kier alpha value is -0.680. The first-order chi connectivity index (χ1) is 9.04. The van der Waals surface area contributed by atoms with Crippen LogP contribution in [0.4, 0.5) is 8.78 Å². The molecule has 5 heteroatoms. The third kappa shape index (κ3) is 4.42. The van der Waals surface area contributed by atoms with Crippen LogP contribution >= 0.6 is 15.9 Å². The van der Waals surface area contributed by atoms with Gasteiger partial charge in [-0.2, -0.15) is 8.78 Å². The summed E-state index contributed by atoms with van der Waals surface area (Å²) in [5.74, 6) is 0.921. The van der Waals surface area contributed by atoms with E-state index in [1.54, 1.807) is 6.07 Å². The summed E-state index contributed by atoms with van der Waals surface area (Å²) in [5, 5.41) is 0. The Kier molecular flexibility index (Phi) is 5.16. The lowest BCUT2D eigenvalue weighted by Crippen LogP contribution is -2.33. The van der Waals surface area contributed by atoms with Crippen molar-refractivity contribution in [3.05, 3.63) is 28.2 Å².